The van der Waals surface area contributed by atoms with Crippen LogP contribution in [0.2, 0.25) is 0 Å². The van der Waals surface area contributed by atoms with Gasteiger partial charge in [-0.1, -0.05) is 7.43 Å². The van der Waals surface area contributed by atoms with Crippen molar-refractivity contribution in [2.75, 3.05) is 28.3 Å². The minimum Gasteiger partial charge on any atom is -0.443 e. The first-order valence-electron chi connectivity index (χ1n) is 41.7. The van der Waals surface area contributed by atoms with Gasteiger partial charge < -0.3 is 57.0 Å². The number of hydrogen-bond acceptors (Lipinski definition) is 26. The Bertz CT molecular complexity index is 6780. The van der Waals surface area contributed by atoms with Gasteiger partial charge in [-0.2, -0.15) is 25.7 Å². The number of amides is 9. The highest BCUT2D eigenvalue weighted by Gasteiger charge is 2.39. The van der Waals surface area contributed by atoms with Crippen LogP contribution >= 0.6 is 15.9 Å². The van der Waals surface area contributed by atoms with Crippen molar-refractivity contribution >= 4 is 143 Å². The summed E-state index contributed by atoms with van der Waals surface area (Å²) in [5.74, 6) is -1.31. The lowest BCUT2D eigenvalue weighted by Crippen LogP contribution is -2.36. The van der Waals surface area contributed by atoms with Crippen molar-refractivity contribution in [3.05, 3.63) is 323 Å². The van der Waals surface area contributed by atoms with E-state index in [0.29, 0.717) is 58.7 Å². The average Bonchev–Trinajstić information content (AvgIpc) is 1.64. The van der Waals surface area contributed by atoms with E-state index in [-0.39, 0.29) is 74.6 Å². The molecule has 0 saturated heterocycles. The molecular formula is C96H98BrN21O17. The van der Waals surface area contributed by atoms with Crippen LogP contribution < -0.4 is 37.6 Å². The minimum absolute atomic E-state index is 0. The monoisotopic (exact) mass is 1900 g/mol. The van der Waals surface area contributed by atoms with Gasteiger partial charge in [-0.05, 0) is 276 Å². The molecule has 0 spiro atoms. The van der Waals surface area contributed by atoms with Gasteiger partial charge >= 0.3 is 18.3 Å². The number of rotatable bonds is 8. The number of nitrogens with zero attached hydrogens (tertiary/aromatic N) is 14. The Hall–Kier alpha value is -16.8. The van der Waals surface area contributed by atoms with Crippen LogP contribution in [0.1, 0.15) is 179 Å². The first-order valence-corrected chi connectivity index (χ1v) is 42.5. The molecule has 20 rings (SSSR count). The van der Waals surface area contributed by atoms with Gasteiger partial charge in [0.25, 0.3) is 46.8 Å². The standard InChI is InChI=1S/C20H20N4O3.2C15H12N4O.C13H14N2O5.C13H16N2O3.C8H6N2O3.C7H5BrN2.C2H3N.C2H6O.CH4/c1-20(2,3)27-19(26)23-12-13-11-14(6-7-15(13)18(23)25)22-16-8-10-24-17(16)5-4-9-21-24;2*20-15-12-4-3-11(8-10(12)9-16-15)18-13-5-7-19-14(13)2-1-6-17-19;1-13(2,3)20-12(17)14-7-8-6-9(15(18)19)4-5-10(8)11(14)16;1-13(2,3)18-12(17)15-7-8-6-9(14)4-5-10(8)11(15)16;11-8-7-2-1-6(10(12)13)3-5(7)4-9-8;8-6-3-5-10-7(6)2-1-4-9-10;2*1-2-3;/h4-11,22H,12H2,1-3H3;2*1-8,18H,9H2,(H,16,20);4-6H,7H2,1-3H3;4-6H,7,14H2,1-3H3;1-3H,4H2,(H,9,11);1-5H;1H3;3H,2H2,1H3;1H4. The number of nitrogens with one attached hydrogen (secondary N) is 6. The highest BCUT2D eigenvalue weighted by Crippen LogP contribution is 2.35. The number of anilines is 7. The summed E-state index contributed by atoms with van der Waals surface area (Å²) >= 11 is 3.41. The third-order valence-electron chi connectivity index (χ3n) is 19.9. The molecule has 0 unspecified atom stereocenters. The van der Waals surface area contributed by atoms with Crippen LogP contribution in [-0.2, 0) is 53.5 Å². The molecule has 9 N–H and O–H groups in total. The SMILES string of the molecule is Brc1ccn2ncccc12.C.CC#N.CC(C)(C)OC(=O)N1Cc2cc(N)ccc2C1=O.CC(C)(C)OC(=O)N1Cc2cc(Nc3ccn4ncccc34)ccc2C1=O.CC(C)(C)OC(=O)N1Cc2cc([N+](=O)[O-])ccc2C1=O.CCO.O=C1NCc2cc(Nc3ccn4ncccc34)ccc21.O=C1NCc2cc(Nc3ccn4ncccc34)ccc21.O=C1NCc2cc([N+](=O)[O-])ccc21. The number of nitro benzene ring substituents is 2. The second kappa shape index (κ2) is 42.9. The number of benzene rings is 6. The molecule has 0 saturated carbocycles. The summed E-state index contributed by atoms with van der Waals surface area (Å²) in [5, 5.41) is 71.1. The summed E-state index contributed by atoms with van der Waals surface area (Å²) in [5.41, 5.74) is 22.1. The lowest BCUT2D eigenvalue weighted by Gasteiger charge is -2.23. The number of nitrogens with two attached hydrogens (primary N) is 1. The number of aliphatic hydroxyl groups excluding tert-OH is 1. The number of hydrogen-bond donors (Lipinski definition) is 8. The maximum absolute atomic E-state index is 12.5. The summed E-state index contributed by atoms with van der Waals surface area (Å²) in [7, 11) is 0. The highest BCUT2D eigenvalue weighted by atomic mass is 79.9. The normalized spacial score (nSPS) is 13.0. The molecule has 0 bridgehead atoms. The number of nitriles is 1. The zero-order chi connectivity index (χ0) is 96.6. The molecule has 696 valence electrons. The largest absolute Gasteiger partial charge is 0.443 e. The summed E-state index contributed by atoms with van der Waals surface area (Å²) in [6.45, 7) is 21.1. The van der Waals surface area contributed by atoms with Gasteiger partial charge in [0.2, 0.25) is 0 Å². The zero-order valence-electron chi connectivity index (χ0n) is 74.6. The predicted octanol–water partition coefficient (Wildman–Crippen LogP) is 17.4. The van der Waals surface area contributed by atoms with Gasteiger partial charge in [0.15, 0.2) is 0 Å². The third kappa shape index (κ3) is 24.7. The van der Waals surface area contributed by atoms with Crippen LogP contribution in [0, 0.1) is 31.6 Å². The molecule has 6 aliphatic heterocycles. The Kier molecular flexibility index (Phi) is 31.4. The summed E-state index contributed by atoms with van der Waals surface area (Å²) in [6, 6.07) is 55.4. The lowest BCUT2D eigenvalue weighted by molar-refractivity contribution is -0.385. The van der Waals surface area contributed by atoms with Crippen molar-refractivity contribution < 1.29 is 72.3 Å². The van der Waals surface area contributed by atoms with Crippen LogP contribution in [0.3, 0.4) is 0 Å². The first-order chi connectivity index (χ1) is 63.8. The number of ether oxygens (including phenoxy) is 3. The van der Waals surface area contributed by atoms with E-state index in [1.807, 2.05) is 160 Å². The lowest BCUT2D eigenvalue weighted by atomic mass is 10.1. The molecule has 0 atom stereocenters. The Morgan fingerprint density at radius 1 is 0.444 bits per heavy atom. The number of carbonyl (C=O) groups is 9. The number of fused-ring (bicyclic) bond motifs is 10. The minimum atomic E-state index is -0.749. The van der Waals surface area contributed by atoms with Crippen molar-refractivity contribution in [2.45, 2.75) is 140 Å². The molecule has 38 nitrogen and oxygen atoms in total. The van der Waals surface area contributed by atoms with Crippen LogP contribution in [-0.4, -0.2) is 145 Å². The number of halogens is 1. The number of aliphatic hydroxyl groups is 1. The topological polar surface area (TPSA) is 489 Å². The van der Waals surface area contributed by atoms with Gasteiger partial charge in [0, 0.05) is 168 Å². The maximum atomic E-state index is 12.5. The van der Waals surface area contributed by atoms with E-state index in [0.717, 1.165) is 109 Å². The van der Waals surface area contributed by atoms with E-state index in [2.05, 4.69) is 68.2 Å². The Labute approximate surface area is 782 Å². The number of nitrogen functional groups attached to an aromatic ring is 1. The van der Waals surface area contributed by atoms with Crippen LogP contribution in [0.5, 0.6) is 0 Å². The van der Waals surface area contributed by atoms with Gasteiger partial charge in [-0.15, -0.1) is 0 Å². The number of non-ortho nitro benzene ring substituents is 2. The molecule has 0 radical (unpaired) electrons. The highest BCUT2D eigenvalue weighted by molar-refractivity contribution is 9.10. The zero-order valence-corrected chi connectivity index (χ0v) is 76.2. The van der Waals surface area contributed by atoms with Crippen molar-refractivity contribution in [3.8, 4) is 6.07 Å². The maximum Gasteiger partial charge on any atom is 0.417 e. The fourth-order valence-electron chi connectivity index (χ4n) is 14.0. The Morgan fingerprint density at radius 3 is 1.06 bits per heavy atom. The van der Waals surface area contributed by atoms with E-state index in [1.165, 1.54) is 43.3 Å². The van der Waals surface area contributed by atoms with E-state index in [1.54, 1.807) is 129 Å². The molecule has 39 heteroatoms. The van der Waals surface area contributed by atoms with Crippen molar-refractivity contribution in [2.24, 2.45) is 0 Å². The summed E-state index contributed by atoms with van der Waals surface area (Å²) in [6.07, 6.45) is 12.6. The number of imide groups is 3. The molecule has 14 heterocycles. The van der Waals surface area contributed by atoms with Crippen molar-refractivity contribution in [1.29, 1.82) is 5.26 Å². The molecular weight excluding hydrogens is 1800 g/mol. The Balaban J connectivity index is 0.000000152. The number of carbonyl (C=O) groups excluding carboxylic acids is 9. The fraction of sp³-hybridized carbons (Fsp3) is 0.229. The summed E-state index contributed by atoms with van der Waals surface area (Å²) in [4.78, 5) is 130. The van der Waals surface area contributed by atoms with Gasteiger partial charge in [0.1, 0.15) is 16.8 Å². The predicted molar refractivity (Wildman–Crippen MR) is 507 cm³/mol. The molecule has 6 aromatic carbocycles. The van der Waals surface area contributed by atoms with Crippen LogP contribution in [0.25, 0.3) is 22.1 Å². The smallest absolute Gasteiger partial charge is 0.417 e. The third-order valence-corrected chi connectivity index (χ3v) is 20.6. The number of nitro groups is 2. The van der Waals surface area contributed by atoms with Crippen molar-refractivity contribution in [1.82, 2.24) is 69.1 Å². The molecule has 135 heavy (non-hydrogen) atoms. The molecule has 0 fully saturated rings. The van der Waals surface area contributed by atoms with E-state index in [9.17, 15) is 63.4 Å². The van der Waals surface area contributed by atoms with E-state index < -0.39 is 50.8 Å². The van der Waals surface area contributed by atoms with Crippen molar-refractivity contribution in [3.63, 3.8) is 0 Å². The molecule has 8 aromatic heterocycles. The van der Waals surface area contributed by atoms with Crippen LogP contribution in [0.15, 0.2) is 236 Å². The average molecular weight is 1900 g/mol. The van der Waals surface area contributed by atoms with E-state index in [4.69, 9.17) is 30.3 Å². The van der Waals surface area contributed by atoms with Gasteiger partial charge in [-0.25, -0.2) is 47.1 Å². The quantitative estimate of drug-likeness (QED) is 0.0303. The first kappa shape index (κ1) is 98.8. The number of aromatic nitrogens is 8. The second-order valence-electron chi connectivity index (χ2n) is 33.1. The second-order valence-corrected chi connectivity index (χ2v) is 33.9. The van der Waals surface area contributed by atoms with Gasteiger partial charge in [-0.3, -0.25) is 49.0 Å². The molecule has 9 amide bonds. The van der Waals surface area contributed by atoms with Gasteiger partial charge in [0.05, 0.1) is 74.7 Å². The van der Waals surface area contributed by atoms with Crippen LogP contribution in [0.4, 0.5) is 65.6 Å². The Morgan fingerprint density at radius 2 is 0.719 bits per heavy atom. The fourth-order valence-corrected chi connectivity index (χ4v) is 14.5. The summed E-state index contributed by atoms with van der Waals surface area (Å²) < 4.78 is 24.0. The molecule has 6 aliphatic rings. The van der Waals surface area contributed by atoms with E-state index >= 15 is 0 Å². The molecule has 0 aliphatic carbocycles. The molecule has 14 aromatic rings.